The number of rotatable bonds is 8. The Labute approximate surface area is 219 Å². The third kappa shape index (κ3) is 5.21. The summed E-state index contributed by atoms with van der Waals surface area (Å²) in [5.74, 6) is -1.72. The van der Waals surface area contributed by atoms with E-state index in [2.05, 4.69) is 20.6 Å². The zero-order valence-corrected chi connectivity index (χ0v) is 21.8. The van der Waals surface area contributed by atoms with Gasteiger partial charge >= 0.3 is 12.1 Å². The van der Waals surface area contributed by atoms with Gasteiger partial charge in [0.1, 0.15) is 22.1 Å². The summed E-state index contributed by atoms with van der Waals surface area (Å²) in [6, 6.07) is -0.940. The quantitative estimate of drug-likeness (QED) is 0.356. The summed E-state index contributed by atoms with van der Waals surface area (Å²) in [5.41, 5.74) is -0.708. The Morgan fingerprint density at radius 2 is 2.03 bits per heavy atom. The van der Waals surface area contributed by atoms with Crippen molar-refractivity contribution in [2.45, 2.75) is 48.7 Å². The molecule has 0 spiro atoms. The van der Waals surface area contributed by atoms with Gasteiger partial charge in [0.05, 0.1) is 17.3 Å². The number of β-lactam (4-membered cyclic amide) rings is 1. The third-order valence-corrected chi connectivity index (χ3v) is 9.25. The molecule has 17 heteroatoms. The number of hydrogen-bond acceptors (Lipinski definition) is 9. The molecule has 2 aliphatic rings. The van der Waals surface area contributed by atoms with Crippen molar-refractivity contribution in [2.24, 2.45) is 0 Å². The van der Waals surface area contributed by atoms with Crippen molar-refractivity contribution in [3.05, 3.63) is 32.7 Å². The van der Waals surface area contributed by atoms with E-state index in [1.807, 2.05) is 6.92 Å². The Bertz CT molecular complexity index is 1260. The van der Waals surface area contributed by atoms with Crippen molar-refractivity contribution in [3.63, 3.8) is 0 Å². The maximum atomic E-state index is 13.0. The monoisotopic (exact) mass is 582 g/mol. The van der Waals surface area contributed by atoms with Crippen LogP contribution in [0.5, 0.6) is 0 Å². The van der Waals surface area contributed by atoms with E-state index in [1.54, 1.807) is 0 Å². The fraction of sp³-hybridized carbons (Fsp3) is 0.474. The number of nitrogens with zero attached hydrogens (tertiary/aromatic N) is 5. The number of nitrogens with one attached hydrogen (secondary N) is 1. The average Bonchev–Trinajstić information content (AvgIpc) is 3.36. The number of thioether (sulfide) groups is 2. The smallest absolute Gasteiger partial charge is 0.436 e. The molecule has 2 atom stereocenters. The van der Waals surface area contributed by atoms with Crippen molar-refractivity contribution in [3.8, 4) is 0 Å². The van der Waals surface area contributed by atoms with Gasteiger partial charge in [0.15, 0.2) is 10.0 Å². The lowest BCUT2D eigenvalue weighted by molar-refractivity contribution is -0.150. The van der Waals surface area contributed by atoms with Crippen molar-refractivity contribution in [2.75, 3.05) is 11.5 Å². The minimum atomic E-state index is -4.72. The lowest BCUT2D eigenvalue weighted by Crippen LogP contribution is -2.70. The Kier molecular flexibility index (Phi) is 7.60. The Morgan fingerprint density at radius 1 is 1.31 bits per heavy atom. The van der Waals surface area contributed by atoms with Crippen molar-refractivity contribution in [1.82, 2.24) is 30.2 Å². The molecule has 1 fully saturated rings. The van der Waals surface area contributed by atoms with Gasteiger partial charge in [-0.15, -0.1) is 22.0 Å². The topological polar surface area (TPSA) is 130 Å². The first-order chi connectivity index (χ1) is 16.9. The molecule has 2 N–H and O–H groups in total. The number of hydrogen-bond donors (Lipinski definition) is 2. The van der Waals surface area contributed by atoms with Gasteiger partial charge in [0.2, 0.25) is 5.91 Å². The zero-order chi connectivity index (χ0) is 26.4. The molecule has 10 nitrogen and oxygen atoms in total. The molecule has 2 aliphatic heterocycles. The lowest BCUT2D eigenvalue weighted by atomic mass is 10.0. The number of halogens is 4. The van der Waals surface area contributed by atoms with Gasteiger partial charge in [-0.2, -0.15) is 18.3 Å². The minimum Gasteiger partial charge on any atom is -0.477 e. The molecule has 36 heavy (non-hydrogen) atoms. The maximum Gasteiger partial charge on any atom is 0.436 e. The molecule has 0 saturated carbocycles. The summed E-state index contributed by atoms with van der Waals surface area (Å²) in [6.45, 7) is 2.99. The zero-order valence-electron chi connectivity index (χ0n) is 18.6. The van der Waals surface area contributed by atoms with Gasteiger partial charge in [-0.1, -0.05) is 34.7 Å². The van der Waals surface area contributed by atoms with Crippen LogP contribution in [0.4, 0.5) is 13.2 Å². The summed E-state index contributed by atoms with van der Waals surface area (Å²) < 4.78 is 40.6. The number of carbonyl (C=O) groups is 3. The number of aliphatic carboxylic acids is 1. The number of alkyl halides is 3. The van der Waals surface area contributed by atoms with Crippen LogP contribution in [0.2, 0.25) is 5.02 Å². The van der Waals surface area contributed by atoms with E-state index in [0.29, 0.717) is 21.4 Å². The van der Waals surface area contributed by atoms with Crippen LogP contribution >= 0.6 is 46.5 Å². The normalized spacial score (nSPS) is 19.8. The first-order valence-corrected chi connectivity index (χ1v) is 13.5. The molecule has 2 aromatic heterocycles. The van der Waals surface area contributed by atoms with Crippen LogP contribution in [0.15, 0.2) is 15.6 Å². The number of carboxylic acid groups (broad SMARTS) is 1. The summed E-state index contributed by atoms with van der Waals surface area (Å²) in [6.07, 6.45) is -4.97. The highest BCUT2D eigenvalue weighted by atomic mass is 35.5. The molecular formula is C19H18ClF3N6O4S3. The van der Waals surface area contributed by atoms with E-state index in [0.717, 1.165) is 14.6 Å². The van der Waals surface area contributed by atoms with Crippen molar-refractivity contribution in [1.29, 1.82) is 0 Å². The van der Waals surface area contributed by atoms with Crippen LogP contribution in [-0.2, 0) is 27.1 Å². The highest BCUT2D eigenvalue weighted by Gasteiger charge is 2.54. The van der Waals surface area contributed by atoms with E-state index < -0.39 is 46.1 Å². The first-order valence-electron chi connectivity index (χ1n) is 10.3. The molecule has 0 aliphatic carbocycles. The predicted octanol–water partition coefficient (Wildman–Crippen LogP) is 2.94. The molecule has 0 radical (unpaired) electrons. The van der Waals surface area contributed by atoms with Gasteiger partial charge in [-0.05, 0) is 19.4 Å². The van der Waals surface area contributed by atoms with Crippen LogP contribution in [0, 0.1) is 13.8 Å². The van der Waals surface area contributed by atoms with Crippen LogP contribution in [0.3, 0.4) is 0 Å². The Morgan fingerprint density at radius 3 is 2.61 bits per heavy atom. The Balaban J connectivity index is 1.38. The molecule has 4 heterocycles. The van der Waals surface area contributed by atoms with Crippen LogP contribution in [0.1, 0.15) is 22.8 Å². The molecule has 2 amide bonds. The molecular weight excluding hydrogens is 565 g/mol. The van der Waals surface area contributed by atoms with Crippen LogP contribution in [-0.4, -0.2) is 70.7 Å². The largest absolute Gasteiger partial charge is 0.477 e. The second kappa shape index (κ2) is 10.2. The number of aryl methyl sites for hydroxylation is 2. The van der Waals surface area contributed by atoms with Gasteiger partial charge in [0.25, 0.3) is 5.91 Å². The van der Waals surface area contributed by atoms with E-state index in [-0.39, 0.29) is 24.4 Å². The summed E-state index contributed by atoms with van der Waals surface area (Å²) in [4.78, 5) is 38.3. The SMILES string of the molecule is Cc1nnc(SCC2=C(C(=O)O)N3C(=O)C(NC(=O)CCn4nc(C(F)(F)F)c(Cl)c4C)C3SC2)s1. The third-order valence-electron chi connectivity index (χ3n) is 5.40. The summed E-state index contributed by atoms with van der Waals surface area (Å²) >= 11 is 9.76. The van der Waals surface area contributed by atoms with Crippen LogP contribution in [0.25, 0.3) is 0 Å². The minimum absolute atomic E-state index is 0.0656. The standard InChI is InChI=1S/C19H18ClF3N6O4S3/c1-7-11(20)14(19(21,22)23)27-28(7)4-3-10(30)24-12-15(31)29-13(17(32)33)9(5-34-16(12)29)6-35-18-26-25-8(2)36-18/h12,16H,3-6H2,1-2H3,(H,24,30)(H,32,33). The predicted molar refractivity (Wildman–Crippen MR) is 127 cm³/mol. The fourth-order valence-corrected chi connectivity index (χ4v) is 7.20. The van der Waals surface area contributed by atoms with Gasteiger partial charge < -0.3 is 10.4 Å². The second-order valence-electron chi connectivity index (χ2n) is 7.81. The average molecular weight is 583 g/mol. The molecule has 194 valence electrons. The molecule has 0 aromatic carbocycles. The molecule has 0 bridgehead atoms. The second-order valence-corrected chi connectivity index (χ2v) is 11.7. The molecule has 4 rings (SSSR count). The van der Waals surface area contributed by atoms with Crippen LogP contribution < -0.4 is 5.32 Å². The maximum absolute atomic E-state index is 13.0. The lowest BCUT2D eigenvalue weighted by Gasteiger charge is -2.49. The van der Waals surface area contributed by atoms with Gasteiger partial charge in [-0.3, -0.25) is 19.2 Å². The van der Waals surface area contributed by atoms with Gasteiger partial charge in [-0.25, -0.2) is 4.79 Å². The van der Waals surface area contributed by atoms with E-state index in [1.165, 1.54) is 41.8 Å². The molecule has 2 aromatic rings. The molecule has 1 saturated heterocycles. The van der Waals surface area contributed by atoms with E-state index >= 15 is 0 Å². The van der Waals surface area contributed by atoms with Gasteiger partial charge in [0, 0.05) is 17.9 Å². The summed E-state index contributed by atoms with van der Waals surface area (Å²) in [5, 5.41) is 23.3. The fourth-order valence-electron chi connectivity index (χ4n) is 3.66. The van der Waals surface area contributed by atoms with E-state index in [9.17, 15) is 32.7 Å². The van der Waals surface area contributed by atoms with Crippen molar-refractivity contribution >= 4 is 64.2 Å². The number of carboxylic acids is 1. The van der Waals surface area contributed by atoms with E-state index in [4.69, 9.17) is 11.6 Å². The highest BCUT2D eigenvalue weighted by molar-refractivity contribution is 8.01. The number of amides is 2. The first kappa shape index (κ1) is 26.8. The highest BCUT2D eigenvalue weighted by Crippen LogP contribution is 2.42. The number of carbonyl (C=O) groups excluding carboxylic acids is 2. The Hall–Kier alpha value is -2.30. The number of aromatic nitrogens is 4. The number of fused-ring (bicyclic) bond motifs is 1. The molecule has 2 unspecified atom stereocenters. The summed E-state index contributed by atoms with van der Waals surface area (Å²) in [7, 11) is 0. The van der Waals surface area contributed by atoms with Crippen molar-refractivity contribution < 1.29 is 32.7 Å².